The number of carboxylic acid groups (broad SMARTS) is 1. The average Bonchev–Trinajstić information content (AvgIpc) is 3.27. The van der Waals surface area contributed by atoms with Gasteiger partial charge in [0.25, 0.3) is 5.56 Å². The van der Waals surface area contributed by atoms with Gasteiger partial charge in [-0.25, -0.2) is 18.1 Å². The van der Waals surface area contributed by atoms with Gasteiger partial charge in [0.1, 0.15) is 18.2 Å². The van der Waals surface area contributed by atoms with Gasteiger partial charge in [0.05, 0.1) is 12.1 Å². The van der Waals surface area contributed by atoms with Crippen molar-refractivity contribution in [3.63, 3.8) is 0 Å². The summed E-state index contributed by atoms with van der Waals surface area (Å²) in [5.74, 6) is -2.82. The summed E-state index contributed by atoms with van der Waals surface area (Å²) in [5, 5.41) is 22.2. The molecule has 1 fully saturated rings. The Labute approximate surface area is 219 Å². The zero-order valence-electron chi connectivity index (χ0n) is 21.3. The van der Waals surface area contributed by atoms with Gasteiger partial charge in [-0.3, -0.25) is 23.7 Å². The van der Waals surface area contributed by atoms with E-state index in [4.69, 9.17) is 13.8 Å². The number of alkyl halides is 1. The van der Waals surface area contributed by atoms with E-state index in [1.807, 2.05) is 4.98 Å². The number of aliphatic carboxylic acids is 1. The van der Waals surface area contributed by atoms with E-state index in [2.05, 4.69) is 5.09 Å². The molecule has 0 bridgehead atoms. The van der Waals surface area contributed by atoms with E-state index in [1.54, 1.807) is 24.6 Å². The second-order valence-corrected chi connectivity index (χ2v) is 11.1. The number of aryl methyl sites for hydroxylation is 2. The van der Waals surface area contributed by atoms with Crippen LogP contribution in [0.4, 0.5) is 8.78 Å². The minimum atomic E-state index is -4.70. The van der Waals surface area contributed by atoms with Crippen LogP contribution in [-0.4, -0.2) is 60.8 Å². The Bertz CT molecular complexity index is 1580. The summed E-state index contributed by atoms with van der Waals surface area (Å²) < 4.78 is 63.0. The fraction of sp³-hybridized carbons (Fsp3) is 0.435. The minimum Gasteiger partial charge on any atom is -0.480 e. The number of benzene rings is 1. The number of hydrogen-bond acceptors (Lipinski definition) is 8. The van der Waals surface area contributed by atoms with Crippen molar-refractivity contribution in [2.75, 3.05) is 6.61 Å². The summed E-state index contributed by atoms with van der Waals surface area (Å²) in [6.45, 7) is 3.03. The van der Waals surface area contributed by atoms with E-state index >= 15 is 8.78 Å². The number of hydrogen-bond donors (Lipinski definition) is 4. The van der Waals surface area contributed by atoms with E-state index in [-0.39, 0.29) is 5.39 Å². The molecule has 39 heavy (non-hydrogen) atoms. The Morgan fingerprint density at radius 3 is 2.69 bits per heavy atom. The molecule has 1 aliphatic rings. The molecular formula is C23H27F2N4O9P. The van der Waals surface area contributed by atoms with Gasteiger partial charge in [-0.05, 0) is 39.0 Å². The van der Waals surface area contributed by atoms with E-state index in [0.29, 0.717) is 5.52 Å². The zero-order valence-corrected chi connectivity index (χ0v) is 22.1. The normalized spacial score (nSPS) is 25.5. The highest BCUT2D eigenvalue weighted by molar-refractivity contribution is 7.52. The predicted molar refractivity (Wildman–Crippen MR) is 133 cm³/mol. The number of aromatic nitrogens is 3. The van der Waals surface area contributed by atoms with Crippen LogP contribution >= 0.6 is 7.75 Å². The molecule has 4 N–H and O–H groups in total. The van der Waals surface area contributed by atoms with E-state index in [9.17, 15) is 29.2 Å². The Kier molecular flexibility index (Phi) is 7.58. The minimum absolute atomic E-state index is 0.155. The molecule has 16 heteroatoms. The van der Waals surface area contributed by atoms with Crippen LogP contribution in [0.25, 0.3) is 10.9 Å². The highest BCUT2D eigenvalue weighted by atomic mass is 31.2. The number of fused-ring (bicyclic) bond motifs is 1. The Hall–Kier alpha value is -3.36. The van der Waals surface area contributed by atoms with Crippen molar-refractivity contribution in [1.29, 1.82) is 0 Å². The Morgan fingerprint density at radius 1 is 1.36 bits per heavy atom. The summed E-state index contributed by atoms with van der Waals surface area (Å²) in [5.41, 5.74) is -3.06. The molecule has 3 aromatic rings. The lowest BCUT2D eigenvalue weighted by molar-refractivity contribution is -0.138. The number of carbonyl (C=O) groups is 1. The number of ether oxygens (including phenoxy) is 1. The van der Waals surface area contributed by atoms with Crippen LogP contribution in [0, 0.1) is 12.7 Å². The van der Waals surface area contributed by atoms with Gasteiger partial charge in [-0.1, -0.05) is 0 Å². The number of aliphatic hydroxyl groups excluding tert-OH is 1. The number of nitrogens with one attached hydrogen (secondary N) is 2. The Morgan fingerprint density at radius 2 is 2.05 bits per heavy atom. The lowest BCUT2D eigenvalue weighted by Crippen LogP contribution is -2.43. The smallest absolute Gasteiger partial charge is 0.459 e. The van der Waals surface area contributed by atoms with Gasteiger partial charge in [-0.2, -0.15) is 5.09 Å². The molecule has 2 aromatic heterocycles. The molecular weight excluding hydrogens is 545 g/mol. The van der Waals surface area contributed by atoms with Gasteiger partial charge >= 0.3 is 19.4 Å². The van der Waals surface area contributed by atoms with Crippen LogP contribution in [0.2, 0.25) is 0 Å². The number of halogens is 2. The third-order valence-corrected chi connectivity index (χ3v) is 8.16. The lowest BCUT2D eigenvalue weighted by atomic mass is 9.98. The highest BCUT2D eigenvalue weighted by Crippen LogP contribution is 2.48. The predicted octanol–water partition coefficient (Wildman–Crippen LogP) is 1.73. The van der Waals surface area contributed by atoms with Crippen LogP contribution in [0.5, 0.6) is 5.75 Å². The fourth-order valence-corrected chi connectivity index (χ4v) is 5.71. The molecule has 1 aliphatic heterocycles. The third-order valence-electron chi connectivity index (χ3n) is 6.54. The Balaban J connectivity index is 1.61. The van der Waals surface area contributed by atoms with Crippen molar-refractivity contribution in [3.05, 3.63) is 62.8 Å². The molecule has 0 unspecified atom stereocenters. The van der Waals surface area contributed by atoms with E-state index < -0.39 is 73.3 Å². The first-order chi connectivity index (χ1) is 18.1. The monoisotopic (exact) mass is 572 g/mol. The van der Waals surface area contributed by atoms with Crippen molar-refractivity contribution in [2.45, 2.75) is 50.9 Å². The van der Waals surface area contributed by atoms with Crippen LogP contribution in [0.1, 0.15) is 25.8 Å². The van der Waals surface area contributed by atoms with Crippen LogP contribution < -0.4 is 20.9 Å². The summed E-state index contributed by atoms with van der Waals surface area (Å²) in [4.78, 5) is 36.9. The van der Waals surface area contributed by atoms with Crippen molar-refractivity contribution in [1.82, 2.24) is 19.2 Å². The highest BCUT2D eigenvalue weighted by Gasteiger charge is 2.56. The van der Waals surface area contributed by atoms with Crippen molar-refractivity contribution in [2.24, 2.45) is 7.05 Å². The number of aromatic amines is 1. The first kappa shape index (κ1) is 28.6. The standard InChI is InChI=1S/C23H27F2N4O9P/c1-11-9-13-14(28(11)4)5-6-15(18(13)24)38-39(35,27-12(2)20(32)33)36-10-16-19(31)23(3,25)21(37-16)29-8-7-17(30)26-22(29)34/h5-9,12,16,19,21,31H,10H2,1-4H3,(H,27,35)(H,32,33)(H,26,30,34)/t12-,16+,19+,21+,23+,39-/m0/s1. The maximum atomic E-state index is 15.5. The quantitative estimate of drug-likeness (QED) is 0.277. The molecule has 0 spiro atoms. The molecule has 0 aliphatic carbocycles. The molecule has 1 saturated heterocycles. The molecule has 1 aromatic carbocycles. The van der Waals surface area contributed by atoms with Gasteiger partial charge in [0.2, 0.25) is 0 Å². The maximum absolute atomic E-state index is 15.5. The SMILES string of the molecule is Cc1cc2c(F)c(O[P@](=O)(N[C@@H](C)C(=O)O)OC[C@H]3O[C@@H](n4ccc(=O)[nH]c4=O)[C@](C)(F)[C@@H]3O)ccc2n1C. The van der Waals surface area contributed by atoms with E-state index in [0.717, 1.165) is 36.4 Å². The number of carboxylic acids is 1. The summed E-state index contributed by atoms with van der Waals surface area (Å²) in [6.07, 6.45) is -4.19. The molecule has 13 nitrogen and oxygen atoms in total. The fourth-order valence-electron chi connectivity index (χ4n) is 4.20. The second kappa shape index (κ2) is 10.3. The molecule has 212 valence electrons. The molecule has 6 atom stereocenters. The van der Waals surface area contributed by atoms with Gasteiger partial charge in [-0.15, -0.1) is 0 Å². The average molecular weight is 572 g/mol. The third kappa shape index (κ3) is 5.40. The lowest BCUT2D eigenvalue weighted by Gasteiger charge is -2.25. The first-order valence-electron chi connectivity index (χ1n) is 11.7. The molecule has 0 radical (unpaired) electrons. The van der Waals surface area contributed by atoms with Gasteiger partial charge in [0.15, 0.2) is 23.5 Å². The van der Waals surface area contributed by atoms with Gasteiger partial charge in [0, 0.05) is 30.4 Å². The molecule has 4 rings (SSSR count). The van der Waals surface area contributed by atoms with Gasteiger partial charge < -0.3 is 24.0 Å². The van der Waals surface area contributed by atoms with Crippen LogP contribution in [-0.2, 0) is 25.7 Å². The van der Waals surface area contributed by atoms with Crippen molar-refractivity contribution in [3.8, 4) is 5.75 Å². The van der Waals surface area contributed by atoms with Crippen molar-refractivity contribution < 1.29 is 42.1 Å². The topological polar surface area (TPSA) is 174 Å². The van der Waals surface area contributed by atoms with Crippen molar-refractivity contribution >= 4 is 24.6 Å². The maximum Gasteiger partial charge on any atom is 0.459 e. The first-order valence-corrected chi connectivity index (χ1v) is 13.2. The largest absolute Gasteiger partial charge is 0.480 e. The molecule has 0 amide bonds. The molecule has 0 saturated carbocycles. The van der Waals surface area contributed by atoms with Crippen LogP contribution in [0.3, 0.4) is 0 Å². The zero-order chi connectivity index (χ0) is 28.9. The summed E-state index contributed by atoms with van der Waals surface area (Å²) >= 11 is 0. The number of aliphatic hydroxyl groups is 1. The van der Waals surface area contributed by atoms with E-state index in [1.165, 1.54) is 12.1 Å². The summed E-state index contributed by atoms with van der Waals surface area (Å²) in [6, 6.07) is 3.71. The number of rotatable bonds is 9. The molecule has 3 heterocycles. The summed E-state index contributed by atoms with van der Waals surface area (Å²) in [7, 11) is -2.97. The number of nitrogens with zero attached hydrogens (tertiary/aromatic N) is 2. The number of H-pyrrole nitrogens is 1. The van der Waals surface area contributed by atoms with Crippen LogP contribution in [0.15, 0.2) is 40.1 Å². The second-order valence-electron chi connectivity index (χ2n) is 9.37.